The lowest BCUT2D eigenvalue weighted by atomic mass is 10.2. The molecule has 1 atom stereocenters. The van der Waals surface area contributed by atoms with Crippen molar-refractivity contribution in [3.63, 3.8) is 0 Å². The van der Waals surface area contributed by atoms with E-state index in [4.69, 9.17) is 9.94 Å². The van der Waals surface area contributed by atoms with E-state index in [1.165, 1.54) is 5.06 Å². The van der Waals surface area contributed by atoms with Crippen LogP contribution in [-0.2, 0) is 16.2 Å². The van der Waals surface area contributed by atoms with Crippen LogP contribution in [0.1, 0.15) is 12.0 Å². The van der Waals surface area contributed by atoms with Crippen LogP contribution < -0.4 is 5.32 Å². The highest BCUT2D eigenvalue weighted by Crippen LogP contribution is 2.13. The third kappa shape index (κ3) is 2.98. The summed E-state index contributed by atoms with van der Waals surface area (Å²) >= 11 is 0. The lowest BCUT2D eigenvalue weighted by molar-refractivity contribution is -0.183. The average Bonchev–Trinajstić information content (AvgIpc) is 2.69. The van der Waals surface area contributed by atoms with Crippen LogP contribution in [0.15, 0.2) is 30.3 Å². The summed E-state index contributed by atoms with van der Waals surface area (Å²) in [4.78, 5) is 27.6. The number of hydrogen-bond donors (Lipinski definition) is 2. The van der Waals surface area contributed by atoms with Crippen molar-refractivity contribution in [1.29, 1.82) is 0 Å². The second-order valence-corrected chi connectivity index (χ2v) is 3.99. The normalized spacial score (nSPS) is 19.0. The molecule has 0 spiro atoms. The number of amides is 2. The van der Waals surface area contributed by atoms with Crippen LogP contribution >= 0.6 is 0 Å². The van der Waals surface area contributed by atoms with E-state index in [1.807, 2.05) is 30.3 Å². The molecule has 1 aromatic rings. The quantitative estimate of drug-likeness (QED) is 0.835. The predicted octanol–water partition coefficient (Wildman–Crippen LogP) is 0.987. The molecule has 0 bridgehead atoms. The minimum Gasteiger partial charge on any atom is -0.465 e. The Bertz CT molecular complexity index is 435. The highest BCUT2D eigenvalue weighted by atomic mass is 16.7. The summed E-state index contributed by atoms with van der Waals surface area (Å²) in [5.74, 6) is -0.340. The van der Waals surface area contributed by atoms with Crippen molar-refractivity contribution < 1.29 is 19.5 Å². The number of nitrogens with one attached hydrogen (secondary N) is 1. The van der Waals surface area contributed by atoms with Crippen molar-refractivity contribution in [2.75, 3.05) is 6.54 Å². The molecule has 6 nitrogen and oxygen atoms in total. The Morgan fingerprint density at radius 1 is 1.44 bits per heavy atom. The van der Waals surface area contributed by atoms with Gasteiger partial charge >= 0.3 is 6.09 Å². The van der Waals surface area contributed by atoms with Gasteiger partial charge in [-0.3, -0.25) is 9.63 Å². The first-order valence-corrected chi connectivity index (χ1v) is 5.64. The van der Waals surface area contributed by atoms with E-state index < -0.39 is 12.1 Å². The molecule has 1 aliphatic rings. The Hall–Kier alpha value is -2.08. The van der Waals surface area contributed by atoms with Gasteiger partial charge in [0.05, 0.1) is 6.54 Å². The van der Waals surface area contributed by atoms with Gasteiger partial charge in [0.25, 0.3) is 5.91 Å². The maximum absolute atomic E-state index is 11.7. The van der Waals surface area contributed by atoms with Crippen molar-refractivity contribution >= 4 is 12.0 Å². The first kappa shape index (κ1) is 12.4. The second kappa shape index (κ2) is 5.50. The molecular weight excluding hydrogens is 236 g/mol. The SMILES string of the molecule is O=C(O)N[C@@H]1CCN(OCc2ccccc2)C1=O. The van der Waals surface area contributed by atoms with Gasteiger partial charge in [0.2, 0.25) is 0 Å². The fourth-order valence-corrected chi connectivity index (χ4v) is 1.79. The predicted molar refractivity (Wildman–Crippen MR) is 62.5 cm³/mol. The van der Waals surface area contributed by atoms with Gasteiger partial charge in [-0.05, 0) is 12.0 Å². The molecule has 18 heavy (non-hydrogen) atoms. The third-order valence-electron chi connectivity index (χ3n) is 2.69. The molecule has 1 fully saturated rings. The Morgan fingerprint density at radius 2 is 2.17 bits per heavy atom. The van der Waals surface area contributed by atoms with Gasteiger partial charge in [-0.2, -0.15) is 0 Å². The number of carboxylic acid groups (broad SMARTS) is 1. The summed E-state index contributed by atoms with van der Waals surface area (Å²) in [5.41, 5.74) is 0.958. The third-order valence-corrected chi connectivity index (χ3v) is 2.69. The van der Waals surface area contributed by atoms with E-state index in [0.29, 0.717) is 19.6 Å². The van der Waals surface area contributed by atoms with Crippen LogP contribution in [0.3, 0.4) is 0 Å². The maximum Gasteiger partial charge on any atom is 0.405 e. The molecule has 6 heteroatoms. The fourth-order valence-electron chi connectivity index (χ4n) is 1.79. The molecule has 2 rings (SSSR count). The largest absolute Gasteiger partial charge is 0.465 e. The molecule has 0 unspecified atom stereocenters. The number of hydroxylamine groups is 2. The van der Waals surface area contributed by atoms with Crippen molar-refractivity contribution in [3.8, 4) is 0 Å². The second-order valence-electron chi connectivity index (χ2n) is 3.99. The summed E-state index contributed by atoms with van der Waals surface area (Å²) in [5, 5.41) is 11.9. The first-order valence-electron chi connectivity index (χ1n) is 5.64. The summed E-state index contributed by atoms with van der Waals surface area (Å²) in [7, 11) is 0. The molecule has 96 valence electrons. The van der Waals surface area contributed by atoms with Crippen LogP contribution in [0, 0.1) is 0 Å². The minimum atomic E-state index is -1.20. The monoisotopic (exact) mass is 250 g/mol. The Balaban J connectivity index is 1.85. The van der Waals surface area contributed by atoms with Gasteiger partial charge in [0.1, 0.15) is 12.6 Å². The van der Waals surface area contributed by atoms with Gasteiger partial charge in [-0.15, -0.1) is 0 Å². The Morgan fingerprint density at radius 3 is 2.83 bits per heavy atom. The van der Waals surface area contributed by atoms with Gasteiger partial charge in [0, 0.05) is 0 Å². The summed E-state index contributed by atoms with van der Waals surface area (Å²) in [6, 6.07) is 8.77. The van der Waals surface area contributed by atoms with Crippen molar-refractivity contribution in [3.05, 3.63) is 35.9 Å². The highest BCUT2D eigenvalue weighted by molar-refractivity contribution is 5.86. The molecule has 0 aromatic heterocycles. The lowest BCUT2D eigenvalue weighted by Gasteiger charge is -2.16. The van der Waals surface area contributed by atoms with Crippen LogP contribution in [0.4, 0.5) is 4.79 Å². The van der Waals surface area contributed by atoms with E-state index in [2.05, 4.69) is 5.32 Å². The number of carbonyl (C=O) groups is 2. The smallest absolute Gasteiger partial charge is 0.405 e. The standard InChI is InChI=1S/C12H14N2O4/c15-11-10(13-12(16)17)6-7-14(11)18-8-9-4-2-1-3-5-9/h1-5,10,13H,6-8H2,(H,16,17)/t10-/m1/s1. The van der Waals surface area contributed by atoms with E-state index in [-0.39, 0.29) is 5.91 Å². The molecular formula is C12H14N2O4. The summed E-state index contributed by atoms with van der Waals surface area (Å²) in [6.45, 7) is 0.697. The molecule has 1 heterocycles. The maximum atomic E-state index is 11.7. The number of benzene rings is 1. The number of nitrogens with zero attached hydrogens (tertiary/aromatic N) is 1. The van der Waals surface area contributed by atoms with Gasteiger partial charge in [-0.1, -0.05) is 30.3 Å². The number of carbonyl (C=O) groups excluding carboxylic acids is 1. The zero-order valence-corrected chi connectivity index (χ0v) is 9.70. The summed E-state index contributed by atoms with van der Waals surface area (Å²) in [6.07, 6.45) is -0.766. The zero-order valence-electron chi connectivity index (χ0n) is 9.70. The first-order chi connectivity index (χ1) is 8.66. The van der Waals surface area contributed by atoms with E-state index in [1.54, 1.807) is 0 Å². The number of rotatable bonds is 4. The van der Waals surface area contributed by atoms with Crippen LogP contribution in [0.2, 0.25) is 0 Å². The molecule has 0 saturated carbocycles. The molecule has 0 radical (unpaired) electrons. The molecule has 2 N–H and O–H groups in total. The lowest BCUT2D eigenvalue weighted by Crippen LogP contribution is -2.40. The summed E-state index contributed by atoms with van der Waals surface area (Å²) < 4.78 is 0. The average molecular weight is 250 g/mol. The zero-order chi connectivity index (χ0) is 13.0. The van der Waals surface area contributed by atoms with Crippen LogP contribution in [0.5, 0.6) is 0 Å². The highest BCUT2D eigenvalue weighted by Gasteiger charge is 2.33. The van der Waals surface area contributed by atoms with Crippen molar-refractivity contribution in [2.24, 2.45) is 0 Å². The van der Waals surface area contributed by atoms with Crippen LogP contribution in [-0.4, -0.2) is 34.8 Å². The van der Waals surface area contributed by atoms with E-state index in [0.717, 1.165) is 5.56 Å². The topological polar surface area (TPSA) is 78.9 Å². The molecule has 1 saturated heterocycles. The van der Waals surface area contributed by atoms with Gasteiger partial charge < -0.3 is 10.4 Å². The van der Waals surface area contributed by atoms with Crippen molar-refractivity contribution in [1.82, 2.24) is 10.4 Å². The minimum absolute atomic E-state index is 0.298. The molecule has 2 amide bonds. The van der Waals surface area contributed by atoms with E-state index >= 15 is 0 Å². The number of hydrogen-bond acceptors (Lipinski definition) is 3. The van der Waals surface area contributed by atoms with E-state index in [9.17, 15) is 9.59 Å². The van der Waals surface area contributed by atoms with Gasteiger partial charge in [0.15, 0.2) is 0 Å². The fraction of sp³-hybridized carbons (Fsp3) is 0.333. The Labute approximate surface area is 104 Å². The van der Waals surface area contributed by atoms with Crippen molar-refractivity contribution in [2.45, 2.75) is 19.1 Å². The molecule has 1 aliphatic heterocycles. The Kier molecular flexibility index (Phi) is 3.78. The molecule has 1 aromatic carbocycles. The van der Waals surface area contributed by atoms with Gasteiger partial charge in [-0.25, -0.2) is 9.86 Å². The van der Waals surface area contributed by atoms with Crippen LogP contribution in [0.25, 0.3) is 0 Å². The molecule has 0 aliphatic carbocycles.